The van der Waals surface area contributed by atoms with Crippen LogP contribution >= 0.6 is 11.8 Å². The molecule has 3 saturated heterocycles. The van der Waals surface area contributed by atoms with Crippen LogP contribution < -0.4 is 4.74 Å². The Balaban J connectivity index is 1.74. The molecule has 1 aromatic carbocycles. The molecule has 138 valence electrons. The topological polar surface area (TPSA) is 45.6 Å². The number of aliphatic hydroxyl groups is 1. The van der Waals surface area contributed by atoms with E-state index in [1.54, 1.807) is 18.9 Å². The van der Waals surface area contributed by atoms with Crippen LogP contribution in [0, 0.1) is 11.8 Å². The molecule has 4 heterocycles. The Labute approximate surface area is 159 Å². The number of piperidine rings is 3. The fourth-order valence-electron chi connectivity index (χ4n) is 4.59. The highest BCUT2D eigenvalue weighted by Gasteiger charge is 2.42. The number of aliphatic hydroxyl groups excluding tert-OH is 1. The zero-order valence-electron chi connectivity index (χ0n) is 15.4. The van der Waals surface area contributed by atoms with E-state index in [9.17, 15) is 5.11 Å². The van der Waals surface area contributed by atoms with Crippen LogP contribution in [0.15, 0.2) is 41.9 Å². The molecule has 3 aliphatic rings. The summed E-state index contributed by atoms with van der Waals surface area (Å²) in [6, 6.07) is 8.11. The summed E-state index contributed by atoms with van der Waals surface area (Å²) in [4.78, 5) is 7.15. The fourth-order valence-corrected chi connectivity index (χ4v) is 5.03. The van der Waals surface area contributed by atoms with Crippen molar-refractivity contribution < 1.29 is 9.84 Å². The number of methoxy groups -OCH3 is 1. The second-order valence-corrected chi connectivity index (χ2v) is 8.15. The number of thioether (sulfide) groups is 1. The molecule has 0 amide bonds. The highest BCUT2D eigenvalue weighted by atomic mass is 32.2. The molecule has 1 N–H and O–H groups in total. The summed E-state index contributed by atoms with van der Waals surface area (Å²) in [7, 11) is 1.67. The van der Waals surface area contributed by atoms with Crippen molar-refractivity contribution in [3.63, 3.8) is 0 Å². The molecule has 2 bridgehead atoms. The SMILES string of the molecule is C=C[C@H]1CN2CCC1C[C@H]2[C@H](O)c1cc(SC)nc2ccc(OC)cc12. The first-order valence-electron chi connectivity index (χ1n) is 9.22. The van der Waals surface area contributed by atoms with Gasteiger partial charge in [0.2, 0.25) is 0 Å². The quantitative estimate of drug-likeness (QED) is 0.639. The van der Waals surface area contributed by atoms with Crippen LogP contribution in [0.25, 0.3) is 10.9 Å². The van der Waals surface area contributed by atoms with E-state index in [0.29, 0.717) is 11.8 Å². The van der Waals surface area contributed by atoms with Gasteiger partial charge in [0.25, 0.3) is 0 Å². The smallest absolute Gasteiger partial charge is 0.119 e. The lowest BCUT2D eigenvalue weighted by Gasteiger charge is -2.50. The number of hydrogen-bond acceptors (Lipinski definition) is 5. The van der Waals surface area contributed by atoms with Gasteiger partial charge in [0, 0.05) is 18.0 Å². The summed E-state index contributed by atoms with van der Waals surface area (Å²) in [6.45, 7) is 6.08. The van der Waals surface area contributed by atoms with Crippen molar-refractivity contribution in [2.45, 2.75) is 30.0 Å². The van der Waals surface area contributed by atoms with Gasteiger partial charge in [0.05, 0.1) is 23.8 Å². The average molecular weight is 371 g/mol. The van der Waals surface area contributed by atoms with Crippen molar-refractivity contribution in [1.29, 1.82) is 0 Å². The van der Waals surface area contributed by atoms with Crippen molar-refractivity contribution in [1.82, 2.24) is 9.88 Å². The third kappa shape index (κ3) is 3.02. The molecule has 2 unspecified atom stereocenters. The van der Waals surface area contributed by atoms with E-state index >= 15 is 0 Å². The Morgan fingerprint density at radius 2 is 2.27 bits per heavy atom. The molecule has 4 nitrogen and oxygen atoms in total. The van der Waals surface area contributed by atoms with Crippen LogP contribution in [0.4, 0.5) is 0 Å². The number of ether oxygens (including phenoxy) is 1. The Kier molecular flexibility index (Phi) is 4.95. The molecule has 3 aliphatic heterocycles. The van der Waals surface area contributed by atoms with Gasteiger partial charge < -0.3 is 9.84 Å². The first-order chi connectivity index (χ1) is 12.6. The highest BCUT2D eigenvalue weighted by Crippen LogP contribution is 2.42. The van der Waals surface area contributed by atoms with Gasteiger partial charge in [0.15, 0.2) is 0 Å². The third-order valence-electron chi connectivity index (χ3n) is 6.07. The monoisotopic (exact) mass is 370 g/mol. The van der Waals surface area contributed by atoms with Crippen LogP contribution in [0.2, 0.25) is 0 Å². The van der Waals surface area contributed by atoms with Crippen molar-refractivity contribution in [3.8, 4) is 5.75 Å². The number of fused-ring (bicyclic) bond motifs is 4. The maximum absolute atomic E-state index is 11.4. The third-order valence-corrected chi connectivity index (χ3v) is 6.70. The summed E-state index contributed by atoms with van der Waals surface area (Å²) in [5.41, 5.74) is 1.87. The number of pyridine rings is 1. The van der Waals surface area contributed by atoms with Gasteiger partial charge in [-0.15, -0.1) is 18.3 Å². The van der Waals surface area contributed by atoms with E-state index in [1.165, 1.54) is 6.42 Å². The molecule has 5 rings (SSSR count). The molecular formula is C21H26N2O2S. The molecule has 5 heteroatoms. The maximum Gasteiger partial charge on any atom is 0.119 e. The predicted molar refractivity (Wildman–Crippen MR) is 107 cm³/mol. The Morgan fingerprint density at radius 3 is 2.92 bits per heavy atom. The second-order valence-electron chi connectivity index (χ2n) is 7.33. The van der Waals surface area contributed by atoms with Crippen molar-refractivity contribution in [3.05, 3.63) is 42.5 Å². The molecule has 3 fully saturated rings. The minimum absolute atomic E-state index is 0.163. The van der Waals surface area contributed by atoms with E-state index in [4.69, 9.17) is 9.72 Å². The van der Waals surface area contributed by atoms with E-state index < -0.39 is 6.10 Å². The highest BCUT2D eigenvalue weighted by molar-refractivity contribution is 7.98. The maximum atomic E-state index is 11.4. The summed E-state index contributed by atoms with van der Waals surface area (Å²) in [5.74, 6) is 1.99. The van der Waals surface area contributed by atoms with E-state index in [0.717, 1.165) is 46.8 Å². The molecule has 0 aliphatic carbocycles. The van der Waals surface area contributed by atoms with Crippen LogP contribution in [-0.2, 0) is 0 Å². The fraction of sp³-hybridized carbons (Fsp3) is 0.476. The first-order valence-corrected chi connectivity index (χ1v) is 10.4. The van der Waals surface area contributed by atoms with Crippen LogP contribution in [0.3, 0.4) is 0 Å². The second kappa shape index (κ2) is 7.22. The van der Waals surface area contributed by atoms with Gasteiger partial charge in [-0.2, -0.15) is 0 Å². The number of benzene rings is 1. The molecule has 0 saturated carbocycles. The lowest BCUT2D eigenvalue weighted by atomic mass is 9.73. The normalized spacial score (nSPS) is 28.9. The molecule has 5 atom stereocenters. The molecule has 26 heavy (non-hydrogen) atoms. The molecule has 1 aromatic heterocycles. The molecular weight excluding hydrogens is 344 g/mol. The van der Waals surface area contributed by atoms with Gasteiger partial charge in [-0.05, 0) is 67.3 Å². The van der Waals surface area contributed by atoms with Crippen molar-refractivity contribution in [2.24, 2.45) is 11.8 Å². The lowest BCUT2D eigenvalue weighted by molar-refractivity contribution is -0.0445. The standard InChI is InChI=1S/C21H26N2O2S/c1-4-13-12-23-8-7-14(13)9-19(23)21(24)17-11-20(26-3)22-18-6-5-15(25-2)10-16(17)18/h4-6,10-11,13-14,19,21,24H,1,7-9,12H2,2-3H3/t13-,14?,19-,21+/m0/s1. The zero-order valence-corrected chi connectivity index (χ0v) is 16.2. The van der Waals surface area contributed by atoms with Gasteiger partial charge in [-0.3, -0.25) is 4.90 Å². The molecule has 0 spiro atoms. The Bertz CT molecular complexity index is 825. The minimum Gasteiger partial charge on any atom is -0.497 e. The Morgan fingerprint density at radius 1 is 1.42 bits per heavy atom. The number of nitrogens with zero attached hydrogens (tertiary/aromatic N) is 2. The van der Waals surface area contributed by atoms with Gasteiger partial charge in [-0.25, -0.2) is 4.98 Å². The van der Waals surface area contributed by atoms with Gasteiger partial charge in [0.1, 0.15) is 5.75 Å². The lowest BCUT2D eigenvalue weighted by Crippen LogP contribution is -2.54. The van der Waals surface area contributed by atoms with Crippen LogP contribution in [0.1, 0.15) is 24.5 Å². The summed E-state index contributed by atoms with van der Waals surface area (Å²) >= 11 is 1.61. The number of rotatable bonds is 5. The minimum atomic E-state index is -0.521. The molecule has 0 radical (unpaired) electrons. The largest absolute Gasteiger partial charge is 0.497 e. The average Bonchev–Trinajstić information content (AvgIpc) is 2.72. The summed E-state index contributed by atoms with van der Waals surface area (Å²) < 4.78 is 5.40. The van der Waals surface area contributed by atoms with Crippen LogP contribution in [-0.4, -0.2) is 47.5 Å². The Hall–Kier alpha value is -1.56. The predicted octanol–water partition coefficient (Wildman–Crippen LogP) is 3.90. The van der Waals surface area contributed by atoms with Gasteiger partial charge in [-0.1, -0.05) is 6.08 Å². The van der Waals surface area contributed by atoms with Gasteiger partial charge >= 0.3 is 0 Å². The van der Waals surface area contributed by atoms with Crippen molar-refractivity contribution in [2.75, 3.05) is 26.5 Å². The van der Waals surface area contributed by atoms with E-state index in [-0.39, 0.29) is 6.04 Å². The summed E-state index contributed by atoms with van der Waals surface area (Å²) in [6.07, 6.45) is 5.83. The first kappa shape index (κ1) is 17.8. The van der Waals surface area contributed by atoms with E-state index in [2.05, 4.69) is 17.6 Å². The number of hydrogen-bond donors (Lipinski definition) is 1. The van der Waals surface area contributed by atoms with Crippen LogP contribution in [0.5, 0.6) is 5.75 Å². The van der Waals surface area contributed by atoms with E-state index in [1.807, 2.05) is 30.5 Å². The van der Waals surface area contributed by atoms with Crippen molar-refractivity contribution >= 4 is 22.7 Å². The molecule has 2 aromatic rings. The summed E-state index contributed by atoms with van der Waals surface area (Å²) in [5, 5.41) is 13.3. The number of aromatic nitrogens is 1. The zero-order chi connectivity index (χ0) is 18.3.